The Bertz CT molecular complexity index is 8570. The zero-order chi connectivity index (χ0) is 91.0. The quantitative estimate of drug-likeness (QED) is 0.0701. The molecule has 2 N–H and O–H groups in total. The number of aryl methyl sites for hydroxylation is 1. The Hall–Kier alpha value is -18.3. The highest BCUT2D eigenvalue weighted by Gasteiger charge is 2.26. The van der Waals surface area contributed by atoms with Gasteiger partial charge in [-0.3, -0.25) is 10.8 Å². The summed E-state index contributed by atoms with van der Waals surface area (Å²) in [6, 6.07) is 146. The molecular weight excluding hydrogens is 1680 g/mol. The maximum Gasteiger partial charge on any atom is 0.121 e. The second kappa shape index (κ2) is 34.1. The molecule has 0 spiro atoms. The SMILES string of the molecule is CC1CC=Cc2ccc(N(c3ccc(-c4ccc(N(c5ccc(-n6nc7ccccc7n6)cc5)c5ccc6ccccc6c5)cc4)cc3)c3ccc(-n4nc5cccc(-c6ccc7ccc8nn(-c9ccc(N(c%10ccc(-c%11ccc(N(c%12ccc(N/N=C%13\C(=N)C=Cc%14ccccc%14%13)cc%12)c%12ccc%13ccccc%13c%12)cc%11)cc%10)c%10ccc%11c(c%10)C=CCC%11)cc9)nc8c7c6)c5n4)cc3)cc21. The van der Waals surface area contributed by atoms with E-state index < -0.39 is 0 Å². The third kappa shape index (κ3) is 15.3. The number of anilines is 13. The number of fused-ring (bicyclic) bond motifs is 10. The minimum Gasteiger partial charge on any atom is -0.310 e. The van der Waals surface area contributed by atoms with E-state index in [-0.39, 0.29) is 0 Å². The van der Waals surface area contributed by atoms with E-state index >= 15 is 0 Å². The third-order valence-corrected chi connectivity index (χ3v) is 26.8. The number of aromatic nitrogens is 9. The van der Waals surface area contributed by atoms with Gasteiger partial charge in [-0.05, 0) is 338 Å². The standard InChI is InChI=1S/C121H86N16/c1-79-14-12-22-88-41-57-109(78-112(79)88)134(98-52-36-86(37-53-98)85-34-48-96(49-35-85)132(107-55-39-81-16-3-6-20-91(81)75-107)100-60-66-103(67-61-100)135-125-115-25-10-11-26-116(115)126-135)102-64-70-104(71-65-102)136-127-117-27-13-24-111(120(117)129-136)93-29-28-89-43-73-118-121(113(89)77-93)130-137(128-118)105-68-62-101(63-69-105)133(108-56-40-82-17-4-7-21-92(82)76-108)97-50-32-84(33-51-97)83-30-46-95(47-31-83)131(106-54-38-80-15-2-5-19-90(80)74-106)99-58-44-94(45-59-99)123-124-119-110-23-9-8-18-87(110)42-72-114(119)122/h2-3,5-13,15-16,18-79,122-123H,4,14,17H2,1H3/b122-114?,124-119-. The molecule has 3 aliphatic carbocycles. The van der Waals surface area contributed by atoms with Crippen LogP contribution in [0.15, 0.2) is 436 Å². The van der Waals surface area contributed by atoms with Crippen molar-refractivity contribution in [2.75, 3.05) is 25.0 Å². The molecule has 0 fully saturated rings. The number of allylic oxidation sites excluding steroid dienone is 3. The Morgan fingerprint density at radius 2 is 0.708 bits per heavy atom. The second-order valence-corrected chi connectivity index (χ2v) is 35.3. The predicted octanol–water partition coefficient (Wildman–Crippen LogP) is 30.6. The lowest BCUT2D eigenvalue weighted by Crippen LogP contribution is -2.18. The van der Waals surface area contributed by atoms with Crippen LogP contribution in [0.4, 0.5) is 73.9 Å². The van der Waals surface area contributed by atoms with Crippen molar-refractivity contribution in [2.45, 2.75) is 32.1 Å². The summed E-state index contributed by atoms with van der Waals surface area (Å²) in [6.45, 7) is 2.32. The predicted molar refractivity (Wildman–Crippen MR) is 564 cm³/mol. The van der Waals surface area contributed by atoms with E-state index in [1.807, 2.05) is 72.8 Å². The van der Waals surface area contributed by atoms with Crippen molar-refractivity contribution in [3.05, 3.63) is 464 Å². The van der Waals surface area contributed by atoms with Gasteiger partial charge in [0.2, 0.25) is 0 Å². The molecule has 0 saturated heterocycles. The third-order valence-electron chi connectivity index (χ3n) is 26.8. The van der Waals surface area contributed by atoms with Gasteiger partial charge in [0.1, 0.15) is 38.8 Å². The first-order valence-electron chi connectivity index (χ1n) is 46.4. The van der Waals surface area contributed by atoms with Gasteiger partial charge in [0.05, 0.1) is 28.5 Å². The van der Waals surface area contributed by atoms with E-state index in [1.54, 1.807) is 20.5 Å². The van der Waals surface area contributed by atoms with E-state index in [4.69, 9.17) is 41.1 Å². The zero-order valence-electron chi connectivity index (χ0n) is 74.7. The maximum atomic E-state index is 8.67. The van der Waals surface area contributed by atoms with Crippen molar-refractivity contribution in [1.29, 1.82) is 5.41 Å². The van der Waals surface area contributed by atoms with Crippen LogP contribution in [0.2, 0.25) is 0 Å². The minimum atomic E-state index is 0.363. The lowest BCUT2D eigenvalue weighted by Gasteiger charge is -2.28. The molecule has 0 aliphatic heterocycles. The molecule has 1 atom stereocenters. The molecule has 16 nitrogen and oxygen atoms in total. The molecule has 0 bridgehead atoms. The lowest BCUT2D eigenvalue weighted by molar-refractivity contribution is 0.765. The Morgan fingerprint density at radius 1 is 0.299 bits per heavy atom. The fourth-order valence-corrected chi connectivity index (χ4v) is 19.6. The summed E-state index contributed by atoms with van der Waals surface area (Å²) >= 11 is 0. The Balaban J connectivity index is 0.477. The molecule has 0 amide bonds. The summed E-state index contributed by atoms with van der Waals surface area (Å²) in [5.41, 5.74) is 38.3. The van der Waals surface area contributed by atoms with Gasteiger partial charge in [0.15, 0.2) is 0 Å². The molecule has 22 aromatic rings. The summed E-state index contributed by atoms with van der Waals surface area (Å²) in [7, 11) is 0. The van der Waals surface area contributed by atoms with Crippen LogP contribution in [0.5, 0.6) is 0 Å². The van der Waals surface area contributed by atoms with Crippen LogP contribution in [0, 0.1) is 5.41 Å². The summed E-state index contributed by atoms with van der Waals surface area (Å²) in [4.78, 5) is 14.5. The lowest BCUT2D eigenvalue weighted by atomic mass is 9.88. The Labute approximate surface area is 791 Å². The number of rotatable bonds is 20. The van der Waals surface area contributed by atoms with Crippen molar-refractivity contribution in [3.63, 3.8) is 0 Å². The van der Waals surface area contributed by atoms with E-state index in [1.165, 1.54) is 38.4 Å². The number of nitrogens with one attached hydrogen (secondary N) is 2. The smallest absolute Gasteiger partial charge is 0.121 e. The number of hydrazone groups is 1. The number of hydrogen-bond donors (Lipinski definition) is 2. The molecule has 3 heterocycles. The highest BCUT2D eigenvalue weighted by atomic mass is 15.5. The number of hydrogen-bond acceptors (Lipinski definition) is 13. The van der Waals surface area contributed by atoms with Crippen molar-refractivity contribution in [2.24, 2.45) is 5.10 Å². The fourth-order valence-electron chi connectivity index (χ4n) is 19.6. The van der Waals surface area contributed by atoms with Crippen LogP contribution in [0.3, 0.4) is 0 Å². The Kier molecular flexibility index (Phi) is 20.1. The molecule has 25 rings (SSSR count). The van der Waals surface area contributed by atoms with Crippen LogP contribution in [-0.4, -0.2) is 56.4 Å². The molecule has 3 aromatic heterocycles. The van der Waals surface area contributed by atoms with Crippen molar-refractivity contribution < 1.29 is 0 Å². The normalized spacial score (nSPS) is 13.5. The largest absolute Gasteiger partial charge is 0.310 e. The fraction of sp³-hybridized carbons (Fsp3) is 0.0413. The first-order valence-corrected chi connectivity index (χ1v) is 46.4. The molecular formula is C121H86N16. The second-order valence-electron chi connectivity index (χ2n) is 35.3. The van der Waals surface area contributed by atoms with Crippen LogP contribution in [0.25, 0.3) is 134 Å². The minimum absolute atomic E-state index is 0.363. The van der Waals surface area contributed by atoms with Crippen LogP contribution in [-0.2, 0) is 6.42 Å². The zero-order valence-corrected chi connectivity index (χ0v) is 74.7. The molecule has 650 valence electrons. The number of benzene rings is 19. The van der Waals surface area contributed by atoms with Gasteiger partial charge in [-0.2, -0.15) is 19.5 Å². The average molecular weight is 1760 g/mol. The Morgan fingerprint density at radius 3 is 1.27 bits per heavy atom. The van der Waals surface area contributed by atoms with Gasteiger partial charge in [-0.25, -0.2) is 0 Å². The van der Waals surface area contributed by atoms with E-state index in [0.29, 0.717) is 17.3 Å². The van der Waals surface area contributed by atoms with Crippen LogP contribution in [0.1, 0.15) is 59.1 Å². The summed E-state index contributed by atoms with van der Waals surface area (Å²) in [6.07, 6.45) is 15.9. The van der Waals surface area contributed by atoms with Crippen LogP contribution < -0.4 is 25.0 Å². The summed E-state index contributed by atoms with van der Waals surface area (Å²) in [5.74, 6) is 0.380. The highest BCUT2D eigenvalue weighted by molar-refractivity contribution is 6.53. The van der Waals surface area contributed by atoms with E-state index in [0.717, 1.165) is 204 Å². The maximum absolute atomic E-state index is 8.67. The van der Waals surface area contributed by atoms with Gasteiger partial charge >= 0.3 is 0 Å². The molecule has 0 saturated carbocycles. The molecule has 0 radical (unpaired) electrons. The number of nitrogens with zero attached hydrogens (tertiary/aromatic N) is 14. The molecule has 19 aromatic carbocycles. The molecule has 3 aliphatic rings. The van der Waals surface area contributed by atoms with E-state index in [9.17, 15) is 0 Å². The van der Waals surface area contributed by atoms with Crippen LogP contribution >= 0.6 is 0 Å². The van der Waals surface area contributed by atoms with Crippen molar-refractivity contribution in [3.8, 4) is 50.4 Å². The van der Waals surface area contributed by atoms with Gasteiger partial charge in [0, 0.05) is 84.8 Å². The topological polar surface area (TPSA) is 153 Å². The monoisotopic (exact) mass is 1760 g/mol. The van der Waals surface area contributed by atoms with Gasteiger partial charge < -0.3 is 19.6 Å². The molecule has 137 heavy (non-hydrogen) atoms. The first-order chi connectivity index (χ1) is 67.6. The van der Waals surface area contributed by atoms with Crippen molar-refractivity contribution >= 4 is 169 Å². The van der Waals surface area contributed by atoms with Gasteiger partial charge in [-0.1, -0.05) is 225 Å². The van der Waals surface area contributed by atoms with Crippen molar-refractivity contribution in [1.82, 2.24) is 45.0 Å². The summed E-state index contributed by atoms with van der Waals surface area (Å²) < 4.78 is 0. The molecule has 1 unspecified atom stereocenters. The summed E-state index contributed by atoms with van der Waals surface area (Å²) in [5, 5.41) is 50.5. The molecule has 16 heteroatoms. The van der Waals surface area contributed by atoms with Gasteiger partial charge in [0.25, 0.3) is 0 Å². The first kappa shape index (κ1) is 80.8. The average Bonchev–Trinajstić information content (AvgIpc) is 1.53. The highest BCUT2D eigenvalue weighted by Crippen LogP contribution is 2.46. The van der Waals surface area contributed by atoms with E-state index in [2.05, 4.69) is 402 Å². The van der Waals surface area contributed by atoms with Gasteiger partial charge in [-0.15, -0.1) is 30.6 Å².